The molecule has 6 nitrogen and oxygen atoms in total. The number of rotatable bonds is 6. The number of hydrogen-bond acceptors (Lipinski definition) is 5. The molecule has 0 spiro atoms. The smallest absolute Gasteiger partial charge is 0.280 e. The first-order valence-electron chi connectivity index (χ1n) is 7.02. The Bertz CT molecular complexity index is 686. The summed E-state index contributed by atoms with van der Waals surface area (Å²) in [7, 11) is 1.46. The summed E-state index contributed by atoms with van der Waals surface area (Å²) >= 11 is 0. The molecule has 2 N–H and O–H groups in total. The highest BCUT2D eigenvalue weighted by molar-refractivity contribution is 5.87. The summed E-state index contributed by atoms with van der Waals surface area (Å²) in [5.74, 6) is 0.500. The fourth-order valence-corrected chi connectivity index (χ4v) is 1.82. The number of amides is 1. The molecule has 0 fully saturated rings. The van der Waals surface area contributed by atoms with Gasteiger partial charge in [0.15, 0.2) is 17.6 Å². The van der Waals surface area contributed by atoms with E-state index >= 15 is 0 Å². The van der Waals surface area contributed by atoms with Crippen LogP contribution < -0.4 is 14.9 Å². The number of carbonyl (C=O) groups is 1. The number of nitrogens with one attached hydrogen (secondary N) is 1. The van der Waals surface area contributed by atoms with Gasteiger partial charge < -0.3 is 14.6 Å². The monoisotopic (exact) mass is 314 g/mol. The molecular weight excluding hydrogens is 296 g/mol. The molecule has 0 bridgehead atoms. The second-order valence-electron chi connectivity index (χ2n) is 4.71. The Morgan fingerprint density at radius 2 is 1.96 bits per heavy atom. The fraction of sp³-hybridized carbons (Fsp3) is 0.176. The van der Waals surface area contributed by atoms with Crippen LogP contribution >= 0.6 is 0 Å². The van der Waals surface area contributed by atoms with Crippen molar-refractivity contribution in [3.8, 4) is 17.2 Å². The molecule has 2 aromatic carbocycles. The number of hydrogen-bond donors (Lipinski definition) is 2. The van der Waals surface area contributed by atoms with E-state index in [0.29, 0.717) is 17.1 Å². The van der Waals surface area contributed by atoms with Crippen molar-refractivity contribution in [3.05, 3.63) is 54.1 Å². The Morgan fingerprint density at radius 3 is 2.65 bits per heavy atom. The topological polar surface area (TPSA) is 80.2 Å². The van der Waals surface area contributed by atoms with Crippen LogP contribution in [0.15, 0.2) is 53.6 Å². The molecule has 1 amide bonds. The van der Waals surface area contributed by atoms with Gasteiger partial charge in [-0.2, -0.15) is 5.10 Å². The summed E-state index contributed by atoms with van der Waals surface area (Å²) in [5, 5.41) is 13.7. The van der Waals surface area contributed by atoms with Crippen LogP contribution in [0.3, 0.4) is 0 Å². The standard InChI is InChI=1S/C17H18N2O4/c1-12(23-14-8-4-3-5-9-14)17(21)19-18-11-13-7-6-10-15(22-2)16(13)20/h3-12,20H,1-2H3,(H,19,21). The molecule has 23 heavy (non-hydrogen) atoms. The number of phenols is 1. The van der Waals surface area contributed by atoms with Gasteiger partial charge in [0.25, 0.3) is 5.91 Å². The highest BCUT2D eigenvalue weighted by atomic mass is 16.5. The van der Waals surface area contributed by atoms with E-state index in [9.17, 15) is 9.90 Å². The van der Waals surface area contributed by atoms with E-state index in [2.05, 4.69) is 10.5 Å². The maximum atomic E-state index is 11.9. The molecule has 1 unspecified atom stereocenters. The minimum atomic E-state index is -0.701. The zero-order valence-corrected chi connectivity index (χ0v) is 12.9. The van der Waals surface area contributed by atoms with Crippen molar-refractivity contribution in [2.45, 2.75) is 13.0 Å². The minimum absolute atomic E-state index is 0.0402. The van der Waals surface area contributed by atoms with Gasteiger partial charge in [-0.1, -0.05) is 24.3 Å². The first kappa shape index (κ1) is 16.4. The third-order valence-corrected chi connectivity index (χ3v) is 3.05. The highest BCUT2D eigenvalue weighted by Gasteiger charge is 2.13. The lowest BCUT2D eigenvalue weighted by Gasteiger charge is -2.12. The fourth-order valence-electron chi connectivity index (χ4n) is 1.82. The first-order chi connectivity index (χ1) is 11.1. The molecule has 0 aliphatic rings. The van der Waals surface area contributed by atoms with Crippen LogP contribution in [0.25, 0.3) is 0 Å². The van der Waals surface area contributed by atoms with Crippen LogP contribution in [0, 0.1) is 0 Å². The van der Waals surface area contributed by atoms with E-state index in [-0.39, 0.29) is 5.75 Å². The van der Waals surface area contributed by atoms with E-state index in [4.69, 9.17) is 9.47 Å². The Kier molecular flexibility index (Phi) is 5.57. The van der Waals surface area contributed by atoms with Crippen LogP contribution in [0.5, 0.6) is 17.2 Å². The van der Waals surface area contributed by atoms with Gasteiger partial charge in [-0.3, -0.25) is 4.79 Å². The molecule has 120 valence electrons. The molecule has 1 atom stereocenters. The highest BCUT2D eigenvalue weighted by Crippen LogP contribution is 2.27. The summed E-state index contributed by atoms with van der Waals surface area (Å²) in [6.07, 6.45) is 0.638. The number of phenolic OH excluding ortho intramolecular Hbond substituents is 1. The van der Waals surface area contributed by atoms with Crippen LogP contribution in [-0.2, 0) is 4.79 Å². The molecule has 0 saturated heterocycles. The summed E-state index contributed by atoms with van der Waals surface area (Å²) in [4.78, 5) is 11.9. The van der Waals surface area contributed by atoms with Crippen molar-refractivity contribution in [2.24, 2.45) is 5.10 Å². The number of carbonyl (C=O) groups excluding carboxylic acids is 1. The number of para-hydroxylation sites is 2. The lowest BCUT2D eigenvalue weighted by atomic mass is 10.2. The van der Waals surface area contributed by atoms with E-state index < -0.39 is 12.0 Å². The summed E-state index contributed by atoms with van der Waals surface area (Å²) in [6.45, 7) is 1.63. The van der Waals surface area contributed by atoms with Gasteiger partial charge in [-0.05, 0) is 31.2 Å². The number of nitrogens with zero attached hydrogens (tertiary/aromatic N) is 1. The average Bonchev–Trinajstić information content (AvgIpc) is 2.57. The van der Waals surface area contributed by atoms with E-state index in [1.54, 1.807) is 37.3 Å². The van der Waals surface area contributed by atoms with E-state index in [1.165, 1.54) is 13.3 Å². The Balaban J connectivity index is 1.93. The zero-order valence-electron chi connectivity index (χ0n) is 12.9. The molecule has 2 aromatic rings. The van der Waals surface area contributed by atoms with Crippen LogP contribution in [0.4, 0.5) is 0 Å². The van der Waals surface area contributed by atoms with Gasteiger partial charge in [0.05, 0.1) is 13.3 Å². The Labute approximate surface area is 134 Å². The van der Waals surface area contributed by atoms with Gasteiger partial charge >= 0.3 is 0 Å². The number of ether oxygens (including phenoxy) is 2. The maximum Gasteiger partial charge on any atom is 0.280 e. The summed E-state index contributed by atoms with van der Waals surface area (Å²) in [5.41, 5.74) is 2.80. The first-order valence-corrected chi connectivity index (χ1v) is 7.02. The lowest BCUT2D eigenvalue weighted by molar-refractivity contribution is -0.127. The Morgan fingerprint density at radius 1 is 1.22 bits per heavy atom. The van der Waals surface area contributed by atoms with Crippen molar-refractivity contribution < 1.29 is 19.4 Å². The van der Waals surface area contributed by atoms with E-state index in [1.807, 2.05) is 18.2 Å². The van der Waals surface area contributed by atoms with Gasteiger partial charge in [-0.25, -0.2) is 5.43 Å². The molecule has 0 heterocycles. The van der Waals surface area contributed by atoms with Crippen molar-refractivity contribution in [1.29, 1.82) is 0 Å². The van der Waals surface area contributed by atoms with Crippen molar-refractivity contribution in [2.75, 3.05) is 7.11 Å². The quantitative estimate of drug-likeness (QED) is 0.633. The number of benzene rings is 2. The van der Waals surface area contributed by atoms with E-state index in [0.717, 1.165) is 0 Å². The third-order valence-electron chi connectivity index (χ3n) is 3.05. The van der Waals surface area contributed by atoms with Crippen molar-refractivity contribution >= 4 is 12.1 Å². The molecule has 0 radical (unpaired) electrons. The summed E-state index contributed by atoms with van der Waals surface area (Å²) in [6, 6.07) is 14.0. The molecule has 0 aromatic heterocycles. The van der Waals surface area contributed by atoms with Crippen LogP contribution in [-0.4, -0.2) is 30.4 Å². The number of aromatic hydroxyl groups is 1. The largest absolute Gasteiger partial charge is 0.504 e. The normalized spacial score (nSPS) is 11.9. The zero-order chi connectivity index (χ0) is 16.7. The second-order valence-corrected chi connectivity index (χ2v) is 4.71. The molecule has 2 rings (SSSR count). The third kappa shape index (κ3) is 4.47. The van der Waals surface area contributed by atoms with Gasteiger partial charge in [-0.15, -0.1) is 0 Å². The average molecular weight is 314 g/mol. The molecule has 6 heteroatoms. The van der Waals surface area contributed by atoms with Crippen LogP contribution in [0.2, 0.25) is 0 Å². The summed E-state index contributed by atoms with van der Waals surface area (Å²) < 4.78 is 10.5. The number of hydrazone groups is 1. The second kappa shape index (κ2) is 7.84. The van der Waals surface area contributed by atoms with Gasteiger partial charge in [0.1, 0.15) is 5.75 Å². The minimum Gasteiger partial charge on any atom is -0.504 e. The van der Waals surface area contributed by atoms with Crippen LogP contribution in [0.1, 0.15) is 12.5 Å². The predicted octanol–water partition coefficient (Wildman–Crippen LogP) is 2.32. The van der Waals surface area contributed by atoms with Gasteiger partial charge in [0, 0.05) is 5.56 Å². The molecule has 0 aliphatic carbocycles. The van der Waals surface area contributed by atoms with Crippen molar-refractivity contribution in [1.82, 2.24) is 5.43 Å². The van der Waals surface area contributed by atoms with Crippen molar-refractivity contribution in [3.63, 3.8) is 0 Å². The maximum absolute atomic E-state index is 11.9. The molecular formula is C17H18N2O4. The SMILES string of the molecule is COc1cccc(C=NNC(=O)C(C)Oc2ccccc2)c1O. The van der Waals surface area contributed by atoms with Gasteiger partial charge in [0.2, 0.25) is 0 Å². The molecule has 0 aliphatic heterocycles. The molecule has 0 saturated carbocycles. The lowest BCUT2D eigenvalue weighted by Crippen LogP contribution is -2.33. The predicted molar refractivity (Wildman–Crippen MR) is 86.9 cm³/mol. The number of methoxy groups -OCH3 is 1. The Hall–Kier alpha value is -3.02.